The molecule has 2 rings (SSSR count). The highest BCUT2D eigenvalue weighted by atomic mass is 35.5. The predicted molar refractivity (Wildman–Crippen MR) is 112 cm³/mol. The summed E-state index contributed by atoms with van der Waals surface area (Å²) in [7, 11) is 3.18. The molecule has 2 aromatic rings. The Bertz CT molecular complexity index is 794. The fraction of sp³-hybridized carbons (Fsp3) is 0.300. The molecule has 0 fully saturated rings. The molecule has 1 N–H and O–H groups in total. The highest BCUT2D eigenvalue weighted by molar-refractivity contribution is 7.99. The molecule has 5 nitrogen and oxygen atoms in total. The Morgan fingerprint density at radius 1 is 1.11 bits per heavy atom. The fourth-order valence-electron chi connectivity index (χ4n) is 2.37. The number of hydrogen-bond acceptors (Lipinski definition) is 5. The molecule has 27 heavy (non-hydrogen) atoms. The van der Waals surface area contributed by atoms with E-state index in [1.54, 1.807) is 14.2 Å². The van der Waals surface area contributed by atoms with E-state index in [1.165, 1.54) is 11.8 Å². The molecule has 0 heterocycles. The number of carbonyl (C=O) groups excluding carboxylic acids is 1. The first kappa shape index (κ1) is 21.1. The summed E-state index contributed by atoms with van der Waals surface area (Å²) in [5.41, 5.74) is 5.40. The van der Waals surface area contributed by atoms with Gasteiger partial charge in [0.25, 0.3) is 0 Å². The van der Waals surface area contributed by atoms with Gasteiger partial charge in [-0.3, -0.25) is 4.79 Å². The Morgan fingerprint density at radius 2 is 1.81 bits per heavy atom. The van der Waals surface area contributed by atoms with Crippen molar-refractivity contribution in [3.05, 3.63) is 58.6 Å². The van der Waals surface area contributed by atoms with E-state index in [0.29, 0.717) is 28.7 Å². The van der Waals surface area contributed by atoms with E-state index in [0.717, 1.165) is 22.6 Å². The minimum Gasteiger partial charge on any atom is -0.493 e. The Morgan fingerprint density at radius 3 is 2.44 bits per heavy atom. The number of hydrazone groups is 1. The number of benzene rings is 2. The molecule has 0 bridgehead atoms. The fourth-order valence-corrected chi connectivity index (χ4v) is 3.27. The van der Waals surface area contributed by atoms with Gasteiger partial charge in [-0.2, -0.15) is 5.10 Å². The maximum Gasteiger partial charge on any atom is 0.250 e. The zero-order valence-electron chi connectivity index (χ0n) is 15.6. The zero-order chi connectivity index (χ0) is 19.6. The number of nitrogens with zero attached hydrogens (tertiary/aromatic N) is 1. The van der Waals surface area contributed by atoms with Crippen LogP contribution in [-0.2, 0) is 10.5 Å². The summed E-state index contributed by atoms with van der Waals surface area (Å²) in [4.78, 5) is 12.1. The summed E-state index contributed by atoms with van der Waals surface area (Å²) in [6.45, 7) is 1.98. The molecule has 0 aromatic heterocycles. The van der Waals surface area contributed by atoms with Crippen molar-refractivity contribution in [2.75, 3.05) is 20.0 Å². The lowest BCUT2D eigenvalue weighted by Crippen LogP contribution is -2.21. The van der Waals surface area contributed by atoms with Crippen LogP contribution in [0.5, 0.6) is 11.5 Å². The second-order valence-corrected chi connectivity index (χ2v) is 7.06. The van der Waals surface area contributed by atoms with Crippen LogP contribution in [-0.4, -0.2) is 31.6 Å². The third-order valence-corrected chi connectivity index (χ3v) is 5.04. The Kier molecular flexibility index (Phi) is 8.48. The average molecular weight is 407 g/mol. The number of amides is 1. The number of thioether (sulfide) groups is 1. The summed E-state index contributed by atoms with van der Waals surface area (Å²) < 4.78 is 10.6. The molecule has 0 unspecified atom stereocenters. The highest BCUT2D eigenvalue weighted by Gasteiger charge is 2.09. The summed E-state index contributed by atoms with van der Waals surface area (Å²) in [5, 5.41) is 4.98. The van der Waals surface area contributed by atoms with Gasteiger partial charge in [-0.15, -0.1) is 11.8 Å². The Hall–Kier alpha value is -2.18. The van der Waals surface area contributed by atoms with Crippen molar-refractivity contribution in [1.82, 2.24) is 5.43 Å². The predicted octanol–water partition coefficient (Wildman–Crippen LogP) is 4.52. The van der Waals surface area contributed by atoms with Gasteiger partial charge in [0.2, 0.25) is 5.91 Å². The third-order valence-electron chi connectivity index (χ3n) is 3.78. The van der Waals surface area contributed by atoms with Gasteiger partial charge in [0.1, 0.15) is 0 Å². The zero-order valence-corrected chi connectivity index (χ0v) is 17.2. The van der Waals surface area contributed by atoms with Crippen molar-refractivity contribution < 1.29 is 14.3 Å². The molecule has 2 aromatic carbocycles. The summed E-state index contributed by atoms with van der Waals surface area (Å²) in [6.07, 6.45) is 0.674. The third kappa shape index (κ3) is 6.48. The molecular weight excluding hydrogens is 384 g/mol. The van der Waals surface area contributed by atoms with Crippen molar-refractivity contribution in [2.45, 2.75) is 19.1 Å². The number of hydrogen-bond donors (Lipinski definition) is 1. The highest BCUT2D eigenvalue weighted by Crippen LogP contribution is 2.28. The lowest BCUT2D eigenvalue weighted by molar-refractivity contribution is -0.118. The minimum absolute atomic E-state index is 0.139. The molecule has 0 saturated carbocycles. The molecule has 0 radical (unpaired) electrons. The van der Waals surface area contributed by atoms with Gasteiger partial charge in [0.05, 0.1) is 25.7 Å². The molecular formula is C20H23ClN2O3S. The van der Waals surface area contributed by atoms with E-state index in [9.17, 15) is 4.79 Å². The molecule has 0 aliphatic heterocycles. The van der Waals surface area contributed by atoms with Crippen LogP contribution in [0.25, 0.3) is 0 Å². The van der Waals surface area contributed by atoms with E-state index in [-0.39, 0.29) is 5.91 Å². The molecule has 0 aliphatic rings. The largest absolute Gasteiger partial charge is 0.493 e. The van der Waals surface area contributed by atoms with E-state index in [2.05, 4.69) is 10.5 Å². The lowest BCUT2D eigenvalue weighted by Gasteiger charge is -2.10. The molecule has 144 valence electrons. The number of methoxy groups -OCH3 is 2. The van der Waals surface area contributed by atoms with Crippen LogP contribution in [0, 0.1) is 0 Å². The number of carbonyl (C=O) groups is 1. The molecule has 0 aliphatic carbocycles. The lowest BCUT2D eigenvalue weighted by atomic mass is 10.1. The number of rotatable bonds is 9. The van der Waals surface area contributed by atoms with Gasteiger partial charge < -0.3 is 9.47 Å². The summed E-state index contributed by atoms with van der Waals surface area (Å²) in [5.74, 6) is 2.21. The van der Waals surface area contributed by atoms with E-state index < -0.39 is 0 Å². The van der Waals surface area contributed by atoms with E-state index >= 15 is 0 Å². The van der Waals surface area contributed by atoms with Gasteiger partial charge in [0, 0.05) is 16.3 Å². The maximum atomic E-state index is 12.1. The second kappa shape index (κ2) is 10.8. The second-order valence-electron chi connectivity index (χ2n) is 5.64. The standard InChI is InChI=1S/C20H23ClN2O3S/c1-4-17(15-7-10-18(25-2)19(11-15)26-3)22-23-20(24)13-27-12-14-5-8-16(21)9-6-14/h5-11H,4,12-13H2,1-3H3,(H,23,24)/b22-17+. The maximum absolute atomic E-state index is 12.1. The summed E-state index contributed by atoms with van der Waals surface area (Å²) in [6, 6.07) is 13.2. The molecule has 0 saturated heterocycles. The average Bonchev–Trinajstić information content (AvgIpc) is 2.69. The number of halogens is 1. The number of nitrogens with one attached hydrogen (secondary N) is 1. The van der Waals surface area contributed by atoms with E-state index in [1.807, 2.05) is 49.4 Å². The molecule has 0 atom stereocenters. The van der Waals surface area contributed by atoms with Gasteiger partial charge in [0.15, 0.2) is 11.5 Å². The van der Waals surface area contributed by atoms with Crippen LogP contribution in [0.1, 0.15) is 24.5 Å². The molecule has 0 spiro atoms. The van der Waals surface area contributed by atoms with Gasteiger partial charge >= 0.3 is 0 Å². The van der Waals surface area contributed by atoms with E-state index in [4.69, 9.17) is 21.1 Å². The van der Waals surface area contributed by atoms with Crippen LogP contribution in [0.4, 0.5) is 0 Å². The SMILES string of the molecule is CC/C(=N\NC(=O)CSCc1ccc(Cl)cc1)c1ccc(OC)c(OC)c1. The topological polar surface area (TPSA) is 59.9 Å². The van der Waals surface area contributed by atoms with Gasteiger partial charge in [-0.05, 0) is 42.3 Å². The first-order valence-electron chi connectivity index (χ1n) is 8.47. The van der Waals surface area contributed by atoms with Crippen molar-refractivity contribution in [2.24, 2.45) is 5.10 Å². The van der Waals surface area contributed by atoms with Crippen LogP contribution in [0.3, 0.4) is 0 Å². The van der Waals surface area contributed by atoms with Crippen molar-refractivity contribution >= 4 is 35.0 Å². The van der Waals surface area contributed by atoms with Crippen LogP contribution in [0.2, 0.25) is 5.02 Å². The van der Waals surface area contributed by atoms with Crippen molar-refractivity contribution in [3.8, 4) is 11.5 Å². The summed E-state index contributed by atoms with van der Waals surface area (Å²) >= 11 is 7.39. The van der Waals surface area contributed by atoms with Crippen molar-refractivity contribution in [1.29, 1.82) is 0 Å². The van der Waals surface area contributed by atoms with Crippen molar-refractivity contribution in [3.63, 3.8) is 0 Å². The Balaban J connectivity index is 1.91. The van der Waals surface area contributed by atoms with Gasteiger partial charge in [-0.1, -0.05) is 30.7 Å². The first-order chi connectivity index (χ1) is 13.1. The quantitative estimate of drug-likeness (QED) is 0.491. The van der Waals surface area contributed by atoms with Crippen LogP contribution in [0.15, 0.2) is 47.6 Å². The van der Waals surface area contributed by atoms with Crippen LogP contribution < -0.4 is 14.9 Å². The number of ether oxygens (including phenoxy) is 2. The molecule has 1 amide bonds. The molecule has 7 heteroatoms. The first-order valence-corrected chi connectivity index (χ1v) is 10.0. The Labute approximate surface area is 169 Å². The monoisotopic (exact) mass is 406 g/mol. The normalized spacial score (nSPS) is 11.2. The van der Waals surface area contributed by atoms with Crippen LogP contribution >= 0.6 is 23.4 Å². The minimum atomic E-state index is -0.139. The van der Waals surface area contributed by atoms with Gasteiger partial charge in [-0.25, -0.2) is 5.43 Å². The smallest absolute Gasteiger partial charge is 0.250 e.